The van der Waals surface area contributed by atoms with Crippen molar-refractivity contribution in [1.82, 2.24) is 4.90 Å². The molecule has 1 aliphatic heterocycles. The van der Waals surface area contributed by atoms with Crippen LogP contribution in [0.15, 0.2) is 24.3 Å². The summed E-state index contributed by atoms with van der Waals surface area (Å²) >= 11 is 7.86. The van der Waals surface area contributed by atoms with Crippen molar-refractivity contribution in [2.75, 3.05) is 13.1 Å². The Labute approximate surface area is 132 Å². The third kappa shape index (κ3) is 2.08. The van der Waals surface area contributed by atoms with Gasteiger partial charge in [0.15, 0.2) is 0 Å². The predicted molar refractivity (Wildman–Crippen MR) is 85.0 cm³/mol. The lowest BCUT2D eigenvalue weighted by atomic mass is 10.00. The van der Waals surface area contributed by atoms with Gasteiger partial charge in [-0.05, 0) is 24.8 Å². The van der Waals surface area contributed by atoms with Crippen LogP contribution in [0.25, 0.3) is 10.1 Å². The highest BCUT2D eigenvalue weighted by Gasteiger charge is 2.43. The molecule has 21 heavy (non-hydrogen) atoms. The number of aliphatic hydroxyl groups is 1. The lowest BCUT2D eigenvalue weighted by Crippen LogP contribution is -2.30. The molecule has 1 amide bonds. The number of benzene rings is 1. The van der Waals surface area contributed by atoms with Crippen LogP contribution >= 0.6 is 22.9 Å². The van der Waals surface area contributed by atoms with Crippen molar-refractivity contribution in [1.29, 1.82) is 0 Å². The fourth-order valence-electron chi connectivity index (χ4n) is 3.70. The quantitative estimate of drug-likeness (QED) is 0.874. The van der Waals surface area contributed by atoms with Crippen molar-refractivity contribution in [3.63, 3.8) is 0 Å². The summed E-state index contributed by atoms with van der Waals surface area (Å²) in [4.78, 5) is 15.2. The van der Waals surface area contributed by atoms with Crippen molar-refractivity contribution in [3.8, 4) is 0 Å². The lowest BCUT2D eigenvalue weighted by Gasteiger charge is -2.17. The summed E-state index contributed by atoms with van der Waals surface area (Å²) in [6.45, 7) is 1.42. The standard InChI is InChI=1S/C16H16ClNO2S/c17-14-10-3-1-2-4-13(10)21-15(14)16(20)18-7-9-5-6-12(19)11(9)8-18/h1-4,9,11-12,19H,5-8H2. The zero-order valence-corrected chi connectivity index (χ0v) is 13.0. The van der Waals surface area contributed by atoms with Crippen molar-refractivity contribution in [2.45, 2.75) is 18.9 Å². The molecular formula is C16H16ClNO2S. The summed E-state index contributed by atoms with van der Waals surface area (Å²) in [5, 5.41) is 11.5. The second kappa shape index (κ2) is 4.97. The number of amides is 1. The summed E-state index contributed by atoms with van der Waals surface area (Å²) in [6.07, 6.45) is 1.65. The van der Waals surface area contributed by atoms with Gasteiger partial charge in [-0.3, -0.25) is 4.79 Å². The Hall–Kier alpha value is -1.10. The van der Waals surface area contributed by atoms with Crippen LogP contribution in [0.5, 0.6) is 0 Å². The van der Waals surface area contributed by atoms with Gasteiger partial charge in [-0.25, -0.2) is 0 Å². The van der Waals surface area contributed by atoms with Crippen LogP contribution in [0.2, 0.25) is 5.02 Å². The van der Waals surface area contributed by atoms with E-state index in [4.69, 9.17) is 11.6 Å². The predicted octanol–water partition coefficient (Wildman–Crippen LogP) is 3.40. The Balaban J connectivity index is 1.64. The number of aliphatic hydroxyl groups excluding tert-OH is 1. The Morgan fingerprint density at radius 2 is 2.10 bits per heavy atom. The van der Waals surface area contributed by atoms with Gasteiger partial charge >= 0.3 is 0 Å². The van der Waals surface area contributed by atoms with E-state index in [2.05, 4.69) is 0 Å². The number of fused-ring (bicyclic) bond motifs is 2. The van der Waals surface area contributed by atoms with Crippen molar-refractivity contribution in [2.24, 2.45) is 11.8 Å². The van der Waals surface area contributed by atoms with E-state index >= 15 is 0 Å². The van der Waals surface area contributed by atoms with E-state index in [1.807, 2.05) is 29.2 Å². The van der Waals surface area contributed by atoms with E-state index in [0.717, 1.165) is 29.5 Å². The maximum atomic E-state index is 12.7. The molecule has 1 aliphatic carbocycles. The number of nitrogens with zero attached hydrogens (tertiary/aromatic N) is 1. The maximum Gasteiger partial charge on any atom is 0.265 e. The van der Waals surface area contributed by atoms with Crippen LogP contribution < -0.4 is 0 Å². The minimum Gasteiger partial charge on any atom is -0.393 e. The average molecular weight is 322 g/mol. The third-order valence-corrected chi connectivity index (χ3v) is 6.50. The molecule has 110 valence electrons. The number of likely N-dealkylation sites (tertiary alicyclic amines) is 1. The first-order valence-corrected chi connectivity index (χ1v) is 8.49. The van der Waals surface area contributed by atoms with Crippen LogP contribution in [0.1, 0.15) is 22.5 Å². The molecule has 1 saturated heterocycles. The van der Waals surface area contributed by atoms with Crippen molar-refractivity contribution < 1.29 is 9.90 Å². The Morgan fingerprint density at radius 3 is 2.86 bits per heavy atom. The highest BCUT2D eigenvalue weighted by molar-refractivity contribution is 7.21. The van der Waals surface area contributed by atoms with Crippen LogP contribution in [0.3, 0.4) is 0 Å². The van der Waals surface area contributed by atoms with Crippen LogP contribution in [0.4, 0.5) is 0 Å². The molecule has 0 spiro atoms. The van der Waals surface area contributed by atoms with Gasteiger partial charge in [0, 0.05) is 29.1 Å². The highest BCUT2D eigenvalue weighted by Crippen LogP contribution is 2.41. The molecule has 3 unspecified atom stereocenters. The van der Waals surface area contributed by atoms with Gasteiger partial charge in [-0.2, -0.15) is 0 Å². The van der Waals surface area contributed by atoms with Crippen LogP contribution in [0, 0.1) is 11.8 Å². The van der Waals surface area contributed by atoms with E-state index < -0.39 is 0 Å². The van der Waals surface area contributed by atoms with E-state index in [0.29, 0.717) is 22.4 Å². The summed E-state index contributed by atoms with van der Waals surface area (Å²) in [7, 11) is 0. The van der Waals surface area contributed by atoms with Crippen LogP contribution in [-0.4, -0.2) is 35.1 Å². The number of hydrogen-bond donors (Lipinski definition) is 1. The zero-order valence-electron chi connectivity index (χ0n) is 11.5. The molecule has 1 aromatic carbocycles. The number of carbonyl (C=O) groups excluding carboxylic acids is 1. The van der Waals surface area contributed by atoms with Crippen molar-refractivity contribution in [3.05, 3.63) is 34.2 Å². The fourth-order valence-corrected chi connectivity index (χ4v) is 5.18. The molecule has 2 aromatic rings. The van der Waals surface area contributed by atoms with Crippen molar-refractivity contribution >= 4 is 38.9 Å². The molecule has 2 aliphatic rings. The Kier molecular flexibility index (Phi) is 3.21. The van der Waals surface area contributed by atoms with E-state index in [1.165, 1.54) is 11.3 Å². The molecule has 1 saturated carbocycles. The molecular weight excluding hydrogens is 306 g/mol. The van der Waals surface area contributed by atoms with Gasteiger partial charge in [0.1, 0.15) is 4.88 Å². The summed E-state index contributed by atoms with van der Waals surface area (Å²) in [5.74, 6) is 0.724. The SMILES string of the molecule is O=C(c1sc2ccccc2c1Cl)N1CC2CCC(O)C2C1. The monoisotopic (exact) mass is 321 g/mol. The zero-order chi connectivity index (χ0) is 14.6. The number of carbonyl (C=O) groups is 1. The fraction of sp³-hybridized carbons (Fsp3) is 0.438. The number of rotatable bonds is 1. The smallest absolute Gasteiger partial charge is 0.265 e. The van der Waals surface area contributed by atoms with Crippen LogP contribution in [-0.2, 0) is 0 Å². The highest BCUT2D eigenvalue weighted by atomic mass is 35.5. The van der Waals surface area contributed by atoms with Gasteiger partial charge < -0.3 is 10.0 Å². The molecule has 4 rings (SSSR count). The first kappa shape index (κ1) is 13.6. The molecule has 0 radical (unpaired) electrons. The topological polar surface area (TPSA) is 40.5 Å². The first-order chi connectivity index (χ1) is 10.1. The van der Waals surface area contributed by atoms with E-state index in [-0.39, 0.29) is 17.9 Å². The number of halogens is 1. The minimum atomic E-state index is -0.245. The van der Waals surface area contributed by atoms with Gasteiger partial charge in [-0.1, -0.05) is 29.8 Å². The normalized spacial score (nSPS) is 28.3. The lowest BCUT2D eigenvalue weighted by molar-refractivity contribution is 0.0757. The second-order valence-electron chi connectivity index (χ2n) is 6.02. The maximum absolute atomic E-state index is 12.7. The Bertz CT molecular complexity index is 713. The number of thiophene rings is 1. The third-order valence-electron chi connectivity index (χ3n) is 4.84. The molecule has 2 fully saturated rings. The van der Waals surface area contributed by atoms with Gasteiger partial charge in [0.05, 0.1) is 11.1 Å². The summed E-state index contributed by atoms with van der Waals surface area (Å²) in [6, 6.07) is 7.84. The minimum absolute atomic E-state index is 0.0165. The first-order valence-electron chi connectivity index (χ1n) is 7.29. The molecule has 2 heterocycles. The second-order valence-corrected chi connectivity index (χ2v) is 7.45. The van der Waals surface area contributed by atoms with Gasteiger partial charge in [0.25, 0.3) is 5.91 Å². The Morgan fingerprint density at radius 1 is 1.29 bits per heavy atom. The van der Waals surface area contributed by atoms with Gasteiger partial charge in [0.2, 0.25) is 0 Å². The van der Waals surface area contributed by atoms with E-state index in [9.17, 15) is 9.90 Å². The largest absolute Gasteiger partial charge is 0.393 e. The number of hydrogen-bond acceptors (Lipinski definition) is 3. The molecule has 1 N–H and O–H groups in total. The summed E-state index contributed by atoms with van der Waals surface area (Å²) in [5.41, 5.74) is 0. The average Bonchev–Trinajstić information content (AvgIpc) is 3.15. The summed E-state index contributed by atoms with van der Waals surface area (Å²) < 4.78 is 1.05. The van der Waals surface area contributed by atoms with E-state index in [1.54, 1.807) is 0 Å². The molecule has 3 nitrogen and oxygen atoms in total. The molecule has 3 atom stereocenters. The van der Waals surface area contributed by atoms with Gasteiger partial charge in [-0.15, -0.1) is 11.3 Å². The molecule has 0 bridgehead atoms. The molecule has 1 aromatic heterocycles. The molecule has 5 heteroatoms.